The summed E-state index contributed by atoms with van der Waals surface area (Å²) in [6, 6.07) is 7.38. The quantitative estimate of drug-likeness (QED) is 0.613. The molecule has 0 spiro atoms. The first-order valence-corrected chi connectivity index (χ1v) is 8.69. The Morgan fingerprint density at radius 1 is 1.28 bits per heavy atom. The van der Waals surface area contributed by atoms with Gasteiger partial charge in [-0.1, -0.05) is 28.9 Å². The molecule has 1 unspecified atom stereocenters. The monoisotopic (exact) mass is 417 g/mol. The average Bonchev–Trinajstić information content (AvgIpc) is 2.54. The van der Waals surface area contributed by atoms with Gasteiger partial charge in [-0.25, -0.2) is 4.98 Å². The first-order valence-electron chi connectivity index (χ1n) is 7.90. The van der Waals surface area contributed by atoms with Crippen molar-refractivity contribution in [3.05, 3.63) is 40.5 Å². The van der Waals surface area contributed by atoms with Crippen molar-refractivity contribution in [2.24, 2.45) is 0 Å². The van der Waals surface area contributed by atoms with Gasteiger partial charge in [0.05, 0.1) is 6.10 Å². The number of nitrogens with zero attached hydrogens (tertiary/aromatic N) is 3. The van der Waals surface area contributed by atoms with E-state index >= 15 is 0 Å². The van der Waals surface area contributed by atoms with Gasteiger partial charge in [0.25, 0.3) is 0 Å². The van der Waals surface area contributed by atoms with E-state index in [0.29, 0.717) is 13.0 Å². The lowest BCUT2D eigenvalue weighted by Gasteiger charge is -2.23. The molecule has 0 saturated carbocycles. The Morgan fingerprint density at radius 2 is 2.00 bits per heavy atom. The van der Waals surface area contributed by atoms with E-state index in [-0.39, 0.29) is 12.1 Å². The van der Waals surface area contributed by atoms with E-state index in [0.717, 1.165) is 16.4 Å². The van der Waals surface area contributed by atoms with Gasteiger partial charge in [0.15, 0.2) is 0 Å². The Kier molecular flexibility index (Phi) is 6.26. The number of ether oxygens (including phenoxy) is 1. The highest BCUT2D eigenvalue weighted by molar-refractivity contribution is 9.10. The summed E-state index contributed by atoms with van der Waals surface area (Å²) in [4.78, 5) is 9.69. The third-order valence-electron chi connectivity index (χ3n) is 3.61. The zero-order valence-electron chi connectivity index (χ0n) is 14.1. The number of anilines is 2. The number of halogens is 4. The molecule has 0 aliphatic carbocycles. The zero-order valence-corrected chi connectivity index (χ0v) is 15.7. The highest BCUT2D eigenvalue weighted by Crippen LogP contribution is 2.37. The second-order valence-electron chi connectivity index (χ2n) is 5.45. The molecular formula is C17H19BrF3N3O. The van der Waals surface area contributed by atoms with Gasteiger partial charge >= 0.3 is 6.18 Å². The second-order valence-corrected chi connectivity index (χ2v) is 6.36. The van der Waals surface area contributed by atoms with Crippen molar-refractivity contribution in [1.82, 2.24) is 9.97 Å². The molecule has 1 aromatic carbocycles. The summed E-state index contributed by atoms with van der Waals surface area (Å²) in [5.74, 6) is -0.285. The maximum atomic E-state index is 13.2. The molecule has 0 aliphatic rings. The van der Waals surface area contributed by atoms with Crippen LogP contribution in [0.5, 0.6) is 5.88 Å². The van der Waals surface area contributed by atoms with Crippen LogP contribution in [0.2, 0.25) is 0 Å². The fourth-order valence-electron chi connectivity index (χ4n) is 2.13. The fourth-order valence-corrected chi connectivity index (χ4v) is 2.52. The molecule has 4 nitrogen and oxygen atoms in total. The van der Waals surface area contributed by atoms with Crippen molar-refractivity contribution in [2.75, 3.05) is 11.4 Å². The minimum Gasteiger partial charge on any atom is -0.474 e. The Hall–Kier alpha value is -1.83. The number of rotatable bonds is 6. The lowest BCUT2D eigenvalue weighted by molar-refractivity contribution is -0.139. The Balaban J connectivity index is 2.48. The first-order chi connectivity index (χ1) is 11.8. The third kappa shape index (κ3) is 4.84. The van der Waals surface area contributed by atoms with Crippen molar-refractivity contribution in [1.29, 1.82) is 0 Å². The van der Waals surface area contributed by atoms with Crippen molar-refractivity contribution < 1.29 is 17.9 Å². The van der Waals surface area contributed by atoms with Gasteiger partial charge in [0.2, 0.25) is 11.8 Å². The smallest absolute Gasteiger partial charge is 0.423 e. The molecule has 0 saturated heterocycles. The summed E-state index contributed by atoms with van der Waals surface area (Å²) in [5, 5.41) is 0. The molecule has 2 aromatic rings. The van der Waals surface area contributed by atoms with Crippen molar-refractivity contribution in [3.63, 3.8) is 0 Å². The van der Waals surface area contributed by atoms with Crippen LogP contribution in [-0.2, 0) is 6.18 Å². The van der Waals surface area contributed by atoms with Gasteiger partial charge in [0, 0.05) is 22.9 Å². The Labute approximate surface area is 153 Å². The van der Waals surface area contributed by atoms with Gasteiger partial charge in [-0.15, -0.1) is 0 Å². The van der Waals surface area contributed by atoms with E-state index in [4.69, 9.17) is 4.74 Å². The van der Waals surface area contributed by atoms with Crippen LogP contribution in [0.3, 0.4) is 0 Å². The molecule has 0 N–H and O–H groups in total. The summed E-state index contributed by atoms with van der Waals surface area (Å²) in [6.07, 6.45) is -3.61. The Bertz CT molecular complexity index is 725. The lowest BCUT2D eigenvalue weighted by Crippen LogP contribution is -2.22. The highest BCUT2D eigenvalue weighted by Gasteiger charge is 2.37. The largest absolute Gasteiger partial charge is 0.474 e. The summed E-state index contributed by atoms with van der Waals surface area (Å²) in [6.45, 7) is 5.90. The zero-order chi connectivity index (χ0) is 18.6. The number of aromatic nitrogens is 2. The molecule has 0 aliphatic heterocycles. The van der Waals surface area contributed by atoms with E-state index in [1.165, 1.54) is 0 Å². The van der Waals surface area contributed by atoms with Crippen LogP contribution in [-0.4, -0.2) is 22.6 Å². The first kappa shape index (κ1) is 19.5. The maximum absolute atomic E-state index is 13.2. The summed E-state index contributed by atoms with van der Waals surface area (Å²) >= 11 is 3.39. The van der Waals surface area contributed by atoms with Crippen LogP contribution >= 0.6 is 15.9 Å². The molecule has 1 heterocycles. The normalized spacial score (nSPS) is 12.8. The van der Waals surface area contributed by atoms with Crippen LogP contribution < -0.4 is 9.64 Å². The molecular weight excluding hydrogens is 399 g/mol. The molecule has 1 aromatic heterocycles. The number of alkyl halides is 3. The average molecular weight is 418 g/mol. The summed E-state index contributed by atoms with van der Waals surface area (Å²) < 4.78 is 45.9. The van der Waals surface area contributed by atoms with Crippen molar-refractivity contribution >= 4 is 27.6 Å². The molecule has 8 heteroatoms. The predicted octanol–water partition coefficient (Wildman–Crippen LogP) is 5.59. The van der Waals surface area contributed by atoms with Crippen molar-refractivity contribution in [3.8, 4) is 5.88 Å². The van der Waals surface area contributed by atoms with Gasteiger partial charge < -0.3 is 9.64 Å². The standard InChI is InChI=1S/C17H19BrF3N3O/c1-4-11(3)25-15-14(17(19,20)21)10-22-16(23-15)24(5-2)13-8-6-7-12(18)9-13/h6-11H,4-5H2,1-3H3. The van der Waals surface area contributed by atoms with E-state index < -0.39 is 17.6 Å². The molecule has 25 heavy (non-hydrogen) atoms. The molecule has 136 valence electrons. The summed E-state index contributed by atoms with van der Waals surface area (Å²) in [5.41, 5.74) is -0.201. The van der Waals surface area contributed by atoms with Gasteiger partial charge in [-0.3, -0.25) is 0 Å². The molecule has 0 amide bonds. The van der Waals surface area contributed by atoms with Gasteiger partial charge in [-0.05, 0) is 38.5 Å². The van der Waals surface area contributed by atoms with Crippen LogP contribution in [0, 0.1) is 0 Å². The summed E-state index contributed by atoms with van der Waals surface area (Å²) in [7, 11) is 0. The maximum Gasteiger partial charge on any atom is 0.423 e. The SMILES string of the molecule is CCC(C)Oc1nc(N(CC)c2cccc(Br)c2)ncc1C(F)(F)F. The van der Waals surface area contributed by atoms with E-state index in [9.17, 15) is 13.2 Å². The second kappa shape index (κ2) is 8.03. The molecule has 0 bridgehead atoms. The molecule has 0 fully saturated rings. The minimum atomic E-state index is -4.58. The van der Waals surface area contributed by atoms with E-state index in [2.05, 4.69) is 25.9 Å². The highest BCUT2D eigenvalue weighted by atomic mass is 79.9. The van der Waals surface area contributed by atoms with Crippen LogP contribution in [0.4, 0.5) is 24.8 Å². The van der Waals surface area contributed by atoms with Crippen molar-refractivity contribution in [2.45, 2.75) is 39.5 Å². The third-order valence-corrected chi connectivity index (χ3v) is 4.10. The molecule has 0 radical (unpaired) electrons. The molecule has 1 atom stereocenters. The van der Waals surface area contributed by atoms with Gasteiger partial charge in [0.1, 0.15) is 5.56 Å². The van der Waals surface area contributed by atoms with Crippen LogP contribution in [0.1, 0.15) is 32.8 Å². The number of hydrogen-bond acceptors (Lipinski definition) is 4. The van der Waals surface area contributed by atoms with Crippen LogP contribution in [0.25, 0.3) is 0 Å². The number of benzene rings is 1. The minimum absolute atomic E-state index is 0.159. The number of hydrogen-bond donors (Lipinski definition) is 0. The topological polar surface area (TPSA) is 38.2 Å². The fraction of sp³-hybridized carbons (Fsp3) is 0.412. The van der Waals surface area contributed by atoms with E-state index in [1.807, 2.05) is 38.1 Å². The lowest BCUT2D eigenvalue weighted by atomic mass is 10.3. The predicted molar refractivity (Wildman–Crippen MR) is 94.2 cm³/mol. The molecule has 2 rings (SSSR count). The van der Waals surface area contributed by atoms with Gasteiger partial charge in [-0.2, -0.15) is 18.2 Å². The van der Waals surface area contributed by atoms with E-state index in [1.54, 1.807) is 11.8 Å². The Morgan fingerprint density at radius 3 is 2.56 bits per heavy atom. The van der Waals surface area contributed by atoms with Crippen LogP contribution in [0.15, 0.2) is 34.9 Å².